The highest BCUT2D eigenvalue weighted by atomic mass is 16.4. The third kappa shape index (κ3) is 2.75. The van der Waals surface area contributed by atoms with E-state index in [4.69, 9.17) is 9.52 Å². The van der Waals surface area contributed by atoms with Crippen molar-refractivity contribution in [3.63, 3.8) is 0 Å². The first-order valence-electron chi connectivity index (χ1n) is 8.07. The average Bonchev–Trinajstić information content (AvgIpc) is 3.16. The SMILES string of the molecule is C=C/C=C(\C=C)c1cc2c(n1-c1ccc(C(=O)O)o1)CCC(C)C2. The number of fused-ring (bicyclic) bond motifs is 1. The van der Waals surface area contributed by atoms with Gasteiger partial charge in [-0.1, -0.05) is 38.3 Å². The molecule has 4 nitrogen and oxygen atoms in total. The molecule has 4 heteroatoms. The molecular weight excluding hydrogens is 302 g/mol. The van der Waals surface area contributed by atoms with Crippen molar-refractivity contribution in [2.24, 2.45) is 5.92 Å². The van der Waals surface area contributed by atoms with Crippen LogP contribution < -0.4 is 0 Å². The van der Waals surface area contributed by atoms with Gasteiger partial charge >= 0.3 is 5.97 Å². The highest BCUT2D eigenvalue weighted by Crippen LogP contribution is 2.34. The summed E-state index contributed by atoms with van der Waals surface area (Å²) in [7, 11) is 0. The lowest BCUT2D eigenvalue weighted by atomic mass is 9.89. The summed E-state index contributed by atoms with van der Waals surface area (Å²) in [5.74, 6) is 0.0383. The number of rotatable bonds is 5. The highest BCUT2D eigenvalue weighted by molar-refractivity contribution is 5.84. The second-order valence-corrected chi connectivity index (χ2v) is 6.19. The Morgan fingerprint density at radius 3 is 2.83 bits per heavy atom. The number of carbonyl (C=O) groups is 1. The van der Waals surface area contributed by atoms with Crippen LogP contribution in [0.2, 0.25) is 0 Å². The molecule has 124 valence electrons. The van der Waals surface area contributed by atoms with Gasteiger partial charge in [0, 0.05) is 11.8 Å². The molecule has 1 atom stereocenters. The van der Waals surface area contributed by atoms with Crippen LogP contribution in [-0.4, -0.2) is 15.6 Å². The molecule has 1 aliphatic carbocycles. The van der Waals surface area contributed by atoms with Crippen LogP contribution in [0.1, 0.15) is 40.9 Å². The first-order valence-corrected chi connectivity index (χ1v) is 8.07. The molecule has 0 aliphatic heterocycles. The summed E-state index contributed by atoms with van der Waals surface area (Å²) in [4.78, 5) is 11.1. The third-order valence-electron chi connectivity index (χ3n) is 4.47. The van der Waals surface area contributed by atoms with E-state index in [-0.39, 0.29) is 5.76 Å². The minimum atomic E-state index is -1.07. The van der Waals surface area contributed by atoms with Gasteiger partial charge in [-0.3, -0.25) is 4.57 Å². The zero-order valence-electron chi connectivity index (χ0n) is 13.8. The van der Waals surface area contributed by atoms with Crippen LogP contribution >= 0.6 is 0 Å². The molecule has 1 N–H and O–H groups in total. The molecule has 1 aliphatic rings. The number of hydrogen-bond donors (Lipinski definition) is 1. The van der Waals surface area contributed by atoms with E-state index in [1.54, 1.807) is 18.2 Å². The summed E-state index contributed by atoms with van der Waals surface area (Å²) < 4.78 is 7.59. The van der Waals surface area contributed by atoms with Crippen LogP contribution in [0.5, 0.6) is 0 Å². The van der Waals surface area contributed by atoms with Crippen LogP contribution in [0.25, 0.3) is 11.5 Å². The van der Waals surface area contributed by atoms with Gasteiger partial charge in [0.15, 0.2) is 0 Å². The van der Waals surface area contributed by atoms with E-state index < -0.39 is 5.97 Å². The predicted molar refractivity (Wildman–Crippen MR) is 94.6 cm³/mol. The third-order valence-corrected chi connectivity index (χ3v) is 4.47. The van der Waals surface area contributed by atoms with Gasteiger partial charge in [0.2, 0.25) is 11.6 Å². The van der Waals surface area contributed by atoms with Crippen LogP contribution in [0, 0.1) is 5.92 Å². The van der Waals surface area contributed by atoms with Gasteiger partial charge < -0.3 is 9.52 Å². The van der Waals surface area contributed by atoms with Gasteiger partial charge in [-0.05, 0) is 48.4 Å². The van der Waals surface area contributed by atoms with E-state index in [1.807, 2.05) is 10.6 Å². The second kappa shape index (κ2) is 6.40. The molecule has 0 amide bonds. The van der Waals surface area contributed by atoms with E-state index in [0.717, 1.165) is 30.5 Å². The van der Waals surface area contributed by atoms with E-state index in [1.165, 1.54) is 17.3 Å². The Bertz CT molecular complexity index is 835. The number of hydrogen-bond acceptors (Lipinski definition) is 2. The molecule has 0 fully saturated rings. The lowest BCUT2D eigenvalue weighted by Gasteiger charge is -2.20. The molecule has 0 radical (unpaired) electrons. The standard InChI is InChI=1S/C20H21NO3/c1-4-6-14(5-2)17-12-15-11-13(3)7-8-16(15)21(17)19-10-9-18(24-19)20(22)23/h4-6,9-10,12-13H,1-2,7-8,11H2,3H3,(H,22,23)/b14-6+. The van der Waals surface area contributed by atoms with Crippen LogP contribution in [-0.2, 0) is 12.8 Å². The molecule has 3 rings (SSSR count). The van der Waals surface area contributed by atoms with Crippen molar-refractivity contribution >= 4 is 11.5 Å². The first-order chi connectivity index (χ1) is 11.5. The maximum Gasteiger partial charge on any atom is 0.371 e. The van der Waals surface area contributed by atoms with Crippen LogP contribution in [0.3, 0.4) is 0 Å². The van der Waals surface area contributed by atoms with Crippen molar-refractivity contribution in [1.82, 2.24) is 4.57 Å². The molecule has 24 heavy (non-hydrogen) atoms. The molecular formula is C20H21NO3. The van der Waals surface area contributed by atoms with Crippen molar-refractivity contribution in [2.75, 3.05) is 0 Å². The van der Waals surface area contributed by atoms with E-state index in [2.05, 4.69) is 26.1 Å². The lowest BCUT2D eigenvalue weighted by molar-refractivity contribution is 0.0662. The fourth-order valence-corrected chi connectivity index (χ4v) is 3.32. The number of aromatic carboxylic acids is 1. The van der Waals surface area contributed by atoms with Crippen molar-refractivity contribution in [1.29, 1.82) is 0 Å². The van der Waals surface area contributed by atoms with Crippen LogP contribution in [0.4, 0.5) is 0 Å². The zero-order valence-corrected chi connectivity index (χ0v) is 13.8. The number of furan rings is 1. The second-order valence-electron chi connectivity index (χ2n) is 6.19. The van der Waals surface area contributed by atoms with E-state index in [9.17, 15) is 4.79 Å². The fourth-order valence-electron chi connectivity index (χ4n) is 3.32. The van der Waals surface area contributed by atoms with E-state index in [0.29, 0.717) is 11.8 Å². The predicted octanol–water partition coefficient (Wildman–Crippen LogP) is 4.65. The number of carboxylic acids is 1. The lowest BCUT2D eigenvalue weighted by Crippen LogP contribution is -2.13. The van der Waals surface area contributed by atoms with Gasteiger partial charge in [0.25, 0.3) is 0 Å². The largest absolute Gasteiger partial charge is 0.475 e. The van der Waals surface area contributed by atoms with Gasteiger partial charge in [-0.2, -0.15) is 0 Å². The van der Waals surface area contributed by atoms with E-state index >= 15 is 0 Å². The molecule has 2 aromatic rings. The highest BCUT2D eigenvalue weighted by Gasteiger charge is 2.25. The molecule has 0 saturated heterocycles. The molecule has 0 aromatic carbocycles. The Balaban J connectivity index is 2.21. The smallest absolute Gasteiger partial charge is 0.371 e. The van der Waals surface area contributed by atoms with Gasteiger partial charge in [0.1, 0.15) is 0 Å². The topological polar surface area (TPSA) is 55.4 Å². The summed E-state index contributed by atoms with van der Waals surface area (Å²) >= 11 is 0. The van der Waals surface area contributed by atoms with Crippen molar-refractivity contribution in [3.8, 4) is 5.88 Å². The maximum absolute atomic E-state index is 11.1. The van der Waals surface area contributed by atoms with Gasteiger partial charge in [0.05, 0.1) is 5.69 Å². The number of nitrogens with zero attached hydrogens (tertiary/aromatic N) is 1. The molecule has 0 spiro atoms. The van der Waals surface area contributed by atoms with Crippen molar-refractivity contribution in [2.45, 2.75) is 26.2 Å². The quantitative estimate of drug-likeness (QED) is 0.815. The number of carboxylic acid groups (broad SMARTS) is 1. The van der Waals surface area contributed by atoms with Crippen molar-refractivity contribution in [3.05, 3.63) is 72.3 Å². The van der Waals surface area contributed by atoms with Crippen molar-refractivity contribution < 1.29 is 14.3 Å². The number of aromatic nitrogens is 1. The first kappa shape index (κ1) is 16.1. The minimum Gasteiger partial charge on any atom is -0.475 e. The fraction of sp³-hybridized carbons (Fsp3) is 0.250. The Kier molecular flexibility index (Phi) is 4.30. The summed E-state index contributed by atoms with van der Waals surface area (Å²) in [6.45, 7) is 9.91. The summed E-state index contributed by atoms with van der Waals surface area (Å²) in [5.41, 5.74) is 4.36. The average molecular weight is 323 g/mol. The molecule has 0 saturated carbocycles. The molecule has 1 unspecified atom stereocenters. The Hall–Kier alpha value is -2.75. The minimum absolute atomic E-state index is 0.0598. The maximum atomic E-state index is 11.1. The number of allylic oxidation sites excluding steroid dienone is 4. The zero-order chi connectivity index (χ0) is 17.3. The Labute approximate surface area is 141 Å². The van der Waals surface area contributed by atoms with Crippen LogP contribution in [0.15, 0.2) is 54.0 Å². The molecule has 0 bridgehead atoms. The summed E-state index contributed by atoms with van der Waals surface area (Å²) in [5, 5.41) is 9.13. The summed E-state index contributed by atoms with van der Waals surface area (Å²) in [6, 6.07) is 5.36. The Morgan fingerprint density at radius 2 is 2.21 bits per heavy atom. The van der Waals surface area contributed by atoms with Gasteiger partial charge in [-0.15, -0.1) is 0 Å². The van der Waals surface area contributed by atoms with Gasteiger partial charge in [-0.25, -0.2) is 4.79 Å². The normalized spacial score (nSPS) is 17.4. The molecule has 2 heterocycles. The molecule has 2 aromatic heterocycles. The Morgan fingerprint density at radius 1 is 1.42 bits per heavy atom. The summed E-state index contributed by atoms with van der Waals surface area (Å²) in [6.07, 6.45) is 8.47. The monoisotopic (exact) mass is 323 g/mol.